The lowest BCUT2D eigenvalue weighted by Gasteiger charge is -2.37. The third-order valence-electron chi connectivity index (χ3n) is 4.37. The Bertz CT molecular complexity index is 743. The summed E-state index contributed by atoms with van der Waals surface area (Å²) in [6.07, 6.45) is -2.93. The van der Waals surface area contributed by atoms with Gasteiger partial charge < -0.3 is 5.32 Å². The number of alkyl halides is 3. The van der Waals surface area contributed by atoms with Gasteiger partial charge in [0.05, 0.1) is 11.1 Å². The maximum atomic E-state index is 13.0. The zero-order valence-electron chi connectivity index (χ0n) is 12.6. The molecular weight excluding hydrogens is 339 g/mol. The van der Waals surface area contributed by atoms with E-state index in [0.717, 1.165) is 24.5 Å². The molecule has 0 aromatic heterocycles. The van der Waals surface area contributed by atoms with Gasteiger partial charge in [-0.2, -0.15) is 13.2 Å². The molecule has 2 aromatic rings. The van der Waals surface area contributed by atoms with E-state index < -0.39 is 17.6 Å². The van der Waals surface area contributed by atoms with Crippen LogP contribution in [0.5, 0.6) is 0 Å². The molecule has 2 nitrogen and oxygen atoms in total. The van der Waals surface area contributed by atoms with Crippen molar-refractivity contribution in [2.45, 2.75) is 31.0 Å². The Morgan fingerprint density at radius 1 is 1.04 bits per heavy atom. The molecule has 126 valence electrons. The van der Waals surface area contributed by atoms with E-state index in [1.54, 1.807) is 12.1 Å². The minimum atomic E-state index is -4.55. The van der Waals surface area contributed by atoms with E-state index in [1.807, 2.05) is 12.1 Å². The molecule has 1 fully saturated rings. The summed E-state index contributed by atoms with van der Waals surface area (Å²) in [6, 6.07) is 12.0. The molecule has 6 heteroatoms. The summed E-state index contributed by atoms with van der Waals surface area (Å²) in [7, 11) is 0. The second kappa shape index (κ2) is 6.48. The highest BCUT2D eigenvalue weighted by atomic mass is 35.5. The Morgan fingerprint density at radius 2 is 1.71 bits per heavy atom. The monoisotopic (exact) mass is 353 g/mol. The number of hydrogen-bond donors (Lipinski definition) is 1. The molecule has 1 saturated carbocycles. The molecule has 1 amide bonds. The van der Waals surface area contributed by atoms with Crippen molar-refractivity contribution in [2.75, 3.05) is 0 Å². The van der Waals surface area contributed by atoms with Gasteiger partial charge in [-0.15, -0.1) is 0 Å². The van der Waals surface area contributed by atoms with E-state index in [4.69, 9.17) is 11.6 Å². The van der Waals surface area contributed by atoms with E-state index in [0.29, 0.717) is 5.02 Å². The van der Waals surface area contributed by atoms with Gasteiger partial charge in [-0.25, -0.2) is 0 Å². The summed E-state index contributed by atoms with van der Waals surface area (Å²) in [5, 5.41) is 3.36. The Hall–Kier alpha value is -2.01. The summed E-state index contributed by atoms with van der Waals surface area (Å²) in [5.41, 5.74) is -0.225. The van der Waals surface area contributed by atoms with E-state index in [-0.39, 0.29) is 17.5 Å². The van der Waals surface area contributed by atoms with Crippen molar-refractivity contribution < 1.29 is 18.0 Å². The van der Waals surface area contributed by atoms with Crippen LogP contribution in [-0.4, -0.2) is 11.9 Å². The number of nitrogens with one attached hydrogen (secondary N) is 1. The minimum Gasteiger partial charge on any atom is -0.349 e. The molecule has 2 aromatic carbocycles. The van der Waals surface area contributed by atoms with Gasteiger partial charge >= 0.3 is 6.18 Å². The molecular formula is C18H15ClF3NO. The van der Waals surface area contributed by atoms with Gasteiger partial charge in [0, 0.05) is 17.0 Å². The fourth-order valence-corrected chi connectivity index (χ4v) is 3.08. The zero-order chi connectivity index (χ0) is 17.3. The van der Waals surface area contributed by atoms with Crippen LogP contribution in [0.1, 0.15) is 40.2 Å². The summed E-state index contributed by atoms with van der Waals surface area (Å²) in [6.45, 7) is 0. The average Bonchev–Trinajstić information content (AvgIpc) is 2.52. The molecule has 3 rings (SSSR count). The Morgan fingerprint density at radius 3 is 2.29 bits per heavy atom. The maximum Gasteiger partial charge on any atom is 0.417 e. The molecule has 0 saturated heterocycles. The van der Waals surface area contributed by atoms with E-state index in [1.165, 1.54) is 18.2 Å². The van der Waals surface area contributed by atoms with Crippen LogP contribution in [0.3, 0.4) is 0 Å². The minimum absolute atomic E-state index is 0.101. The highest BCUT2D eigenvalue weighted by Gasteiger charge is 2.37. The van der Waals surface area contributed by atoms with Crippen LogP contribution in [0.15, 0.2) is 48.5 Å². The first-order valence-electron chi connectivity index (χ1n) is 7.59. The van der Waals surface area contributed by atoms with Gasteiger partial charge in [0.25, 0.3) is 5.91 Å². The topological polar surface area (TPSA) is 29.1 Å². The molecule has 0 heterocycles. The smallest absolute Gasteiger partial charge is 0.349 e. The third-order valence-corrected chi connectivity index (χ3v) is 4.62. The second-order valence-corrected chi connectivity index (χ2v) is 6.30. The van der Waals surface area contributed by atoms with Crippen LogP contribution in [0.25, 0.3) is 0 Å². The van der Waals surface area contributed by atoms with Gasteiger partial charge in [0.1, 0.15) is 0 Å². The summed E-state index contributed by atoms with van der Waals surface area (Å²) in [5.74, 6) is -0.587. The normalized spacial score (nSPS) is 20.3. The van der Waals surface area contributed by atoms with E-state index >= 15 is 0 Å². The molecule has 1 unspecified atom stereocenters. The van der Waals surface area contributed by atoms with Crippen molar-refractivity contribution in [2.24, 2.45) is 0 Å². The molecule has 1 aliphatic rings. The predicted octanol–water partition coefficient (Wildman–Crippen LogP) is 5.03. The van der Waals surface area contributed by atoms with Gasteiger partial charge in [0.15, 0.2) is 0 Å². The maximum absolute atomic E-state index is 13.0. The van der Waals surface area contributed by atoms with Crippen molar-refractivity contribution in [3.8, 4) is 0 Å². The molecule has 1 N–H and O–H groups in total. The average molecular weight is 354 g/mol. The van der Waals surface area contributed by atoms with Crippen molar-refractivity contribution in [1.29, 1.82) is 0 Å². The highest BCUT2D eigenvalue weighted by molar-refractivity contribution is 6.30. The lowest BCUT2D eigenvalue weighted by atomic mass is 9.75. The van der Waals surface area contributed by atoms with Crippen molar-refractivity contribution in [3.05, 3.63) is 70.2 Å². The highest BCUT2D eigenvalue weighted by Crippen LogP contribution is 2.38. The third kappa shape index (κ3) is 3.41. The number of carbonyl (C=O) groups excluding carboxylic acids is 1. The summed E-state index contributed by atoms with van der Waals surface area (Å²) < 4.78 is 39.1. The van der Waals surface area contributed by atoms with Crippen molar-refractivity contribution >= 4 is 17.5 Å². The largest absolute Gasteiger partial charge is 0.417 e. The fraction of sp³-hybridized carbons (Fsp3) is 0.278. The second-order valence-electron chi connectivity index (χ2n) is 5.86. The van der Waals surface area contributed by atoms with E-state index in [2.05, 4.69) is 5.32 Å². The summed E-state index contributed by atoms with van der Waals surface area (Å²) in [4.78, 5) is 12.3. The van der Waals surface area contributed by atoms with Crippen LogP contribution >= 0.6 is 11.6 Å². The molecule has 0 aliphatic heterocycles. The number of benzene rings is 2. The lowest BCUT2D eigenvalue weighted by molar-refractivity contribution is -0.137. The SMILES string of the molecule is O=C(N[C@@H]1CCC1c1ccc(Cl)cc1)c1ccccc1C(F)(F)F. The molecule has 2 atom stereocenters. The van der Waals surface area contributed by atoms with Crippen molar-refractivity contribution in [3.63, 3.8) is 0 Å². The van der Waals surface area contributed by atoms with Crippen LogP contribution in [-0.2, 0) is 6.18 Å². The van der Waals surface area contributed by atoms with Crippen molar-refractivity contribution in [1.82, 2.24) is 5.32 Å². The van der Waals surface area contributed by atoms with Gasteiger partial charge in [0.2, 0.25) is 0 Å². The first-order chi connectivity index (χ1) is 11.4. The van der Waals surface area contributed by atoms with Gasteiger partial charge in [-0.1, -0.05) is 35.9 Å². The van der Waals surface area contributed by atoms with E-state index in [9.17, 15) is 18.0 Å². The summed E-state index contributed by atoms with van der Waals surface area (Å²) >= 11 is 5.86. The first-order valence-corrected chi connectivity index (χ1v) is 7.96. The Balaban J connectivity index is 1.75. The number of rotatable bonds is 3. The number of carbonyl (C=O) groups is 1. The zero-order valence-corrected chi connectivity index (χ0v) is 13.4. The van der Waals surface area contributed by atoms with Crippen LogP contribution in [0, 0.1) is 0 Å². The number of hydrogen-bond acceptors (Lipinski definition) is 1. The number of halogens is 4. The van der Waals surface area contributed by atoms with Gasteiger partial charge in [-0.05, 0) is 42.7 Å². The standard InChI is InChI=1S/C18H15ClF3NO/c19-12-7-5-11(6-8-12)13-9-10-16(13)23-17(24)14-3-1-2-4-15(14)18(20,21)22/h1-8,13,16H,9-10H2,(H,23,24)/t13?,16-/m1/s1. The van der Waals surface area contributed by atoms with Crippen LogP contribution in [0.2, 0.25) is 5.02 Å². The van der Waals surface area contributed by atoms with Crippen LogP contribution in [0.4, 0.5) is 13.2 Å². The predicted molar refractivity (Wildman–Crippen MR) is 86.1 cm³/mol. The quantitative estimate of drug-likeness (QED) is 0.823. The molecule has 0 bridgehead atoms. The van der Waals surface area contributed by atoms with Gasteiger partial charge in [-0.3, -0.25) is 4.79 Å². The number of amides is 1. The molecule has 1 aliphatic carbocycles. The Kier molecular flexibility index (Phi) is 4.54. The van der Waals surface area contributed by atoms with Crippen LogP contribution < -0.4 is 5.32 Å². The Labute approximate surface area is 142 Å². The molecule has 24 heavy (non-hydrogen) atoms. The molecule has 0 spiro atoms. The first kappa shape index (κ1) is 16.8. The fourth-order valence-electron chi connectivity index (χ4n) is 2.96. The molecule has 0 radical (unpaired) electrons. The lowest BCUT2D eigenvalue weighted by Crippen LogP contribution is -2.45.